The smallest absolute Gasteiger partial charge is 0.316 e. The van der Waals surface area contributed by atoms with E-state index in [1.165, 1.54) is 43.3 Å². The number of hydrogen-bond acceptors (Lipinski definition) is 27. The minimum Gasteiger partial charge on any atom is -0.316 e. The molecule has 3 heterocycles. The number of nitrogens with two attached hydrogens (primary N) is 3. The Hall–Kier alpha value is -9.48. The largest absolute Gasteiger partial charge is 0.357 e. The molecule has 105 heavy (non-hydrogen) atoms. The zero-order chi connectivity index (χ0) is 78.0. The summed E-state index contributed by atoms with van der Waals surface area (Å²) in [5, 5.41) is 50.1. The molecule has 3 aromatic heterocycles. The number of nitrogens with zero attached hydrogens (tertiary/aromatic N) is 6. The number of H-pyrrole nitrogens is 3. The number of nitro groups is 3. The number of benzene rings is 7. The van der Waals surface area contributed by atoms with E-state index in [9.17, 15) is 98.1 Å². The third-order valence-electron chi connectivity index (χ3n) is 15.8. The fourth-order valence-corrected chi connectivity index (χ4v) is 20.2. The molecule has 0 spiro atoms. The molecule has 0 saturated carbocycles. The molecule has 3 atom stereocenters. The highest BCUT2D eigenvalue weighted by Crippen LogP contribution is 2.63. The van der Waals surface area contributed by atoms with Gasteiger partial charge in [-0.1, -0.05) is 73.7 Å². The van der Waals surface area contributed by atoms with Gasteiger partial charge in [-0.3, -0.25) is 86.5 Å². The molecule has 0 amide bonds. The van der Waals surface area contributed by atoms with Gasteiger partial charge in [0.25, 0.3) is 17.1 Å². The summed E-state index contributed by atoms with van der Waals surface area (Å²) < 4.78 is 150. The Morgan fingerprint density at radius 3 is 1.04 bits per heavy atom. The highest BCUT2D eigenvalue weighted by Gasteiger charge is 2.43. The Balaban J connectivity index is 0.000000200. The van der Waals surface area contributed by atoms with E-state index in [0.717, 1.165) is 50.1 Å². The van der Waals surface area contributed by atoms with Crippen LogP contribution in [0.15, 0.2) is 147 Å². The van der Waals surface area contributed by atoms with Crippen molar-refractivity contribution < 1.29 is 80.9 Å². The summed E-state index contributed by atoms with van der Waals surface area (Å²) in [7, 11) is -25.6. The molecule has 0 aliphatic carbocycles. The minimum absolute atomic E-state index is 0.0170. The van der Waals surface area contributed by atoms with E-state index in [1.807, 2.05) is 0 Å². The topological polar surface area (TPSA) is 581 Å². The van der Waals surface area contributed by atoms with Gasteiger partial charge in [-0.2, -0.15) is 0 Å². The maximum Gasteiger partial charge on any atom is 0.357 e. The van der Waals surface area contributed by atoms with Crippen molar-refractivity contribution in [2.45, 2.75) is 93.8 Å². The Morgan fingerprint density at radius 2 is 0.724 bits per heavy atom. The molecule has 0 saturated heterocycles. The highest BCUT2D eigenvalue weighted by atomic mass is 32.2. The minimum atomic E-state index is -4.47. The molecule has 0 aliphatic rings. The zero-order valence-corrected chi connectivity index (χ0v) is 61.6. The maximum absolute atomic E-state index is 14.2. The summed E-state index contributed by atoms with van der Waals surface area (Å²) in [4.78, 5) is 116. The SMILES string of the molecule is CCOP(=O)(OCC)C(C)n1c(=O)c(=O)[nH]c2cc([N+](=O)[O-])c3c(S(N)(=O)=O)cccc3c21.CCOP(=O)(OCC)C(CC)n1c(=O)c(=O)[nH]c2cc([N+](=O)[O-])c3c(S(N)(=O)=O)cccc3c21.CCOP(=O)(OCC)C(c1ccccc1)n1c(=O)c(=O)[nH]c2cc([N+](=O)[O-])c3c(S(N)(=O)=O)cccc3c21. The van der Waals surface area contributed by atoms with E-state index >= 15 is 0 Å². The van der Waals surface area contributed by atoms with Crippen LogP contribution in [0, 0.1) is 30.3 Å². The van der Waals surface area contributed by atoms with Crippen LogP contribution < -0.4 is 48.8 Å². The quantitative estimate of drug-likeness (QED) is 0.00983. The monoisotopic (exact) mass is 1580 g/mol. The van der Waals surface area contributed by atoms with Gasteiger partial charge in [-0.25, -0.2) is 40.7 Å². The normalized spacial score (nSPS) is 13.3. The molecule has 562 valence electrons. The molecule has 10 aromatic rings. The van der Waals surface area contributed by atoms with Gasteiger partial charge >= 0.3 is 56.1 Å². The van der Waals surface area contributed by atoms with Crippen LogP contribution in [0.4, 0.5) is 17.1 Å². The third-order valence-corrected chi connectivity index (χ3v) is 26.0. The average molecular weight is 1580 g/mol. The number of fused-ring (bicyclic) bond motifs is 9. The summed E-state index contributed by atoms with van der Waals surface area (Å²) in [5.41, 5.74) is -9.33. The third kappa shape index (κ3) is 15.8. The van der Waals surface area contributed by atoms with Crippen LogP contribution in [0.1, 0.15) is 84.7 Å². The van der Waals surface area contributed by atoms with Crippen molar-refractivity contribution in [3.05, 3.63) is 201 Å². The number of rotatable bonds is 26. The summed E-state index contributed by atoms with van der Waals surface area (Å²) in [6.07, 6.45) is 0.0170. The van der Waals surface area contributed by atoms with E-state index in [-0.39, 0.29) is 117 Å². The lowest BCUT2D eigenvalue weighted by atomic mass is 10.1. The summed E-state index contributed by atoms with van der Waals surface area (Å²) in [6, 6.07) is 21.9. The molecule has 3 unspecified atom stereocenters. The number of hydrogen-bond donors (Lipinski definition) is 6. The Bertz CT molecular complexity index is 6080. The lowest BCUT2D eigenvalue weighted by Gasteiger charge is -2.29. The number of non-ortho nitro benzene ring substituents is 3. The molecule has 7 aromatic carbocycles. The molecule has 0 aliphatic heterocycles. The van der Waals surface area contributed by atoms with Crippen LogP contribution in [0.2, 0.25) is 0 Å². The van der Waals surface area contributed by atoms with Crippen molar-refractivity contribution in [2.24, 2.45) is 15.4 Å². The van der Waals surface area contributed by atoms with Crippen LogP contribution >= 0.6 is 22.8 Å². The molecule has 45 heteroatoms. The summed E-state index contributed by atoms with van der Waals surface area (Å²) in [5.74, 6) is -4.13. The first-order chi connectivity index (χ1) is 49.2. The molecular formula is C60H67N12O27P3S3. The van der Waals surface area contributed by atoms with E-state index < -0.39 is 150 Å². The fourth-order valence-electron chi connectivity index (χ4n) is 12.0. The van der Waals surface area contributed by atoms with Crippen LogP contribution in [0.25, 0.3) is 65.4 Å². The molecule has 0 bridgehead atoms. The van der Waals surface area contributed by atoms with Crippen molar-refractivity contribution >= 4 is 135 Å². The number of aromatic amines is 3. The standard InChI is InChI=1S/C23H23N4O9PS.C19H23N4O9PS.C18H21N4O9PS/c1-3-35-37(32,36-4-2)23(14-9-6-5-7-10-14)26-20-15-11-8-12-18(38(24,33)34)19(15)17(27(30)31)13-16(20)25-21(28)22(26)29;1-4-15(33(28,31-5-2)32-6-3)22-17-11-8-7-9-14(34(20,29)30)16(11)13(23(26)27)10-12(17)21-18(24)19(22)25;1-4-30-32(27,31-5-2)10(3)21-16-11-7-6-8-14(33(19,28)29)15(11)13(22(25)26)9-12(16)20-17(23)18(21)24/h5-13,23H,3-4H2,1-2H3,(H,25,28)(H2,24,33,34);7-10,15H,4-6H2,1-3H3,(H,21,24)(H2,20,29,30);6-10H,4-5H2,1-3H3,(H,20,23)(H2,19,28,29). The number of primary sulfonamides is 3. The average Bonchev–Trinajstić information content (AvgIpc) is 0.733. The van der Waals surface area contributed by atoms with Gasteiger partial charge in [-0.05, 0) is 78.6 Å². The number of aromatic nitrogens is 6. The van der Waals surface area contributed by atoms with Crippen LogP contribution in [-0.4, -0.2) is 108 Å². The van der Waals surface area contributed by atoms with Gasteiger partial charge < -0.3 is 42.1 Å². The Morgan fingerprint density at radius 1 is 0.429 bits per heavy atom. The highest BCUT2D eigenvalue weighted by molar-refractivity contribution is 7.90. The van der Waals surface area contributed by atoms with E-state index in [2.05, 4.69) is 15.0 Å². The Labute approximate surface area is 592 Å². The lowest BCUT2D eigenvalue weighted by Crippen LogP contribution is -2.39. The first-order valence-corrected chi connectivity index (χ1v) is 40.6. The number of nitro benzene ring substituents is 3. The van der Waals surface area contributed by atoms with Crippen LogP contribution in [0.5, 0.6) is 0 Å². The van der Waals surface area contributed by atoms with Gasteiger partial charge in [0, 0.05) is 34.4 Å². The first-order valence-electron chi connectivity index (χ1n) is 31.2. The molecule has 0 radical (unpaired) electrons. The van der Waals surface area contributed by atoms with Crippen LogP contribution in [-0.2, 0) is 70.9 Å². The summed E-state index contributed by atoms with van der Waals surface area (Å²) >= 11 is 0. The fraction of sp³-hybridized carbons (Fsp3) is 0.300. The zero-order valence-electron chi connectivity index (χ0n) is 56.5. The van der Waals surface area contributed by atoms with Crippen molar-refractivity contribution in [3.8, 4) is 0 Å². The van der Waals surface area contributed by atoms with Crippen LogP contribution in [0.3, 0.4) is 0 Å². The molecule has 39 nitrogen and oxygen atoms in total. The van der Waals surface area contributed by atoms with Crippen molar-refractivity contribution in [1.29, 1.82) is 0 Å². The molecular weight excluding hydrogens is 1510 g/mol. The predicted octanol–water partition coefficient (Wildman–Crippen LogP) is 7.97. The lowest BCUT2D eigenvalue weighted by molar-refractivity contribution is -0.383. The maximum atomic E-state index is 14.2. The second-order valence-electron chi connectivity index (χ2n) is 22.1. The van der Waals surface area contributed by atoms with E-state index in [1.54, 1.807) is 78.8 Å². The van der Waals surface area contributed by atoms with Crippen molar-refractivity contribution in [2.75, 3.05) is 39.6 Å². The van der Waals surface area contributed by atoms with E-state index in [0.29, 0.717) is 0 Å². The Kier molecular flexibility index (Phi) is 24.5. The second-order valence-corrected chi connectivity index (χ2v) is 33.3. The second kappa shape index (κ2) is 31.7. The predicted molar refractivity (Wildman–Crippen MR) is 384 cm³/mol. The molecule has 0 fully saturated rings. The van der Waals surface area contributed by atoms with Gasteiger partial charge in [0.2, 0.25) is 30.1 Å². The van der Waals surface area contributed by atoms with E-state index in [4.69, 9.17) is 42.6 Å². The molecule has 9 N–H and O–H groups in total. The van der Waals surface area contributed by atoms with Gasteiger partial charge in [0.1, 0.15) is 11.6 Å². The van der Waals surface area contributed by atoms with Crippen molar-refractivity contribution in [3.63, 3.8) is 0 Å². The van der Waals surface area contributed by atoms with Crippen molar-refractivity contribution in [1.82, 2.24) is 28.7 Å². The van der Waals surface area contributed by atoms with Gasteiger partial charge in [0.05, 0.1) is 118 Å². The molecule has 10 rings (SSSR count). The number of sulfonamides is 3. The van der Waals surface area contributed by atoms with Gasteiger partial charge in [-0.15, -0.1) is 0 Å². The number of nitrogens with one attached hydrogen (secondary N) is 3. The summed E-state index contributed by atoms with van der Waals surface area (Å²) in [6.45, 7) is 12.1. The van der Waals surface area contributed by atoms with Gasteiger partial charge in [0.15, 0.2) is 5.78 Å². The first kappa shape index (κ1) is 81.2.